The summed E-state index contributed by atoms with van der Waals surface area (Å²) in [5.41, 5.74) is -0.855. The molecule has 0 radical (unpaired) electrons. The third-order valence-corrected chi connectivity index (χ3v) is 5.66. The highest BCUT2D eigenvalue weighted by Crippen LogP contribution is 2.44. The van der Waals surface area contributed by atoms with Crippen LogP contribution >= 0.6 is 0 Å². The fourth-order valence-corrected chi connectivity index (χ4v) is 4.39. The molecule has 1 unspecified atom stereocenters. The van der Waals surface area contributed by atoms with E-state index in [1.165, 1.54) is 37.0 Å². The summed E-state index contributed by atoms with van der Waals surface area (Å²) in [5.74, 6) is 0.857. The molecule has 5 nitrogen and oxygen atoms in total. The fourth-order valence-electron chi connectivity index (χ4n) is 4.39. The van der Waals surface area contributed by atoms with Gasteiger partial charge in [-0.15, -0.1) is 0 Å². The number of carbonyl (C=O) groups is 1. The molecule has 2 saturated carbocycles. The van der Waals surface area contributed by atoms with E-state index in [9.17, 15) is 15.0 Å². The molecule has 126 valence electrons. The number of carboxylic acid groups (broad SMARTS) is 1. The summed E-state index contributed by atoms with van der Waals surface area (Å²) in [6.45, 7) is 3.60. The van der Waals surface area contributed by atoms with E-state index in [1.807, 2.05) is 0 Å². The average molecular weight is 311 g/mol. The molecule has 2 N–H and O–H groups in total. The molecular formula is C17H29NO4. The van der Waals surface area contributed by atoms with Crippen LogP contribution in [0, 0.1) is 11.8 Å². The smallest absolute Gasteiger partial charge is 0.409 e. The van der Waals surface area contributed by atoms with Crippen molar-refractivity contribution in [3.05, 3.63) is 0 Å². The van der Waals surface area contributed by atoms with Crippen molar-refractivity contribution >= 4 is 6.09 Å². The van der Waals surface area contributed by atoms with Gasteiger partial charge in [-0.2, -0.15) is 0 Å². The number of hydrogen-bond donors (Lipinski definition) is 2. The standard InChI is InChI=1S/C17H29NO4/c1-17(2)18(16(20)21)13(10-11-6-4-3-5-7-11)15(22-17)14(19)12-8-9-12/h11-15,19H,3-10H2,1-2H3,(H,20,21)/t13-,14?,15+/m0/s1. The maximum Gasteiger partial charge on any atom is 0.409 e. The Kier molecular flexibility index (Phi) is 4.38. The van der Waals surface area contributed by atoms with Crippen LogP contribution in [0.3, 0.4) is 0 Å². The van der Waals surface area contributed by atoms with Gasteiger partial charge in [0.25, 0.3) is 0 Å². The van der Waals surface area contributed by atoms with E-state index in [-0.39, 0.29) is 12.1 Å². The quantitative estimate of drug-likeness (QED) is 0.836. The highest BCUT2D eigenvalue weighted by molar-refractivity contribution is 5.67. The van der Waals surface area contributed by atoms with E-state index in [4.69, 9.17) is 4.74 Å². The van der Waals surface area contributed by atoms with Gasteiger partial charge in [0.15, 0.2) is 0 Å². The lowest BCUT2D eigenvalue weighted by Gasteiger charge is -2.34. The Bertz CT molecular complexity index is 415. The molecular weight excluding hydrogens is 282 g/mol. The number of ether oxygens (including phenoxy) is 1. The SMILES string of the molecule is CC1(C)O[C@@H](C(O)C2CC2)[C@H](CC2CCCCC2)N1C(=O)O. The van der Waals surface area contributed by atoms with Gasteiger partial charge in [0.2, 0.25) is 0 Å². The summed E-state index contributed by atoms with van der Waals surface area (Å²) in [7, 11) is 0. The molecule has 1 saturated heterocycles. The predicted octanol–water partition coefficient (Wildman–Crippen LogP) is 3.21. The molecule has 0 spiro atoms. The van der Waals surface area contributed by atoms with E-state index >= 15 is 0 Å². The van der Waals surface area contributed by atoms with Crippen LogP contribution in [0.25, 0.3) is 0 Å². The van der Waals surface area contributed by atoms with E-state index in [0.717, 1.165) is 19.3 Å². The number of nitrogens with zero attached hydrogens (tertiary/aromatic N) is 1. The molecule has 0 aromatic carbocycles. The Hall–Kier alpha value is -0.810. The van der Waals surface area contributed by atoms with E-state index in [2.05, 4.69) is 0 Å². The fraction of sp³-hybridized carbons (Fsp3) is 0.941. The Labute approximate surface area is 132 Å². The van der Waals surface area contributed by atoms with Crippen LogP contribution in [0.4, 0.5) is 4.79 Å². The van der Waals surface area contributed by atoms with Gasteiger partial charge >= 0.3 is 6.09 Å². The van der Waals surface area contributed by atoms with Crippen LogP contribution in [0.15, 0.2) is 0 Å². The van der Waals surface area contributed by atoms with Crippen LogP contribution in [-0.4, -0.2) is 45.2 Å². The number of aliphatic hydroxyl groups excluding tert-OH is 1. The third kappa shape index (κ3) is 3.11. The lowest BCUT2D eigenvalue weighted by Crippen LogP contribution is -2.49. The molecule has 3 rings (SSSR count). The van der Waals surface area contributed by atoms with Gasteiger partial charge in [-0.05, 0) is 44.9 Å². The second-order valence-corrected chi connectivity index (χ2v) is 7.82. The first kappa shape index (κ1) is 16.1. The number of rotatable bonds is 4. The van der Waals surface area contributed by atoms with E-state index < -0.39 is 17.9 Å². The second kappa shape index (κ2) is 6.00. The lowest BCUT2D eigenvalue weighted by molar-refractivity contribution is -0.102. The molecule has 3 fully saturated rings. The molecule has 2 aliphatic carbocycles. The Balaban J connectivity index is 1.79. The van der Waals surface area contributed by atoms with Crippen LogP contribution in [0.5, 0.6) is 0 Å². The van der Waals surface area contributed by atoms with Crippen LogP contribution in [0.2, 0.25) is 0 Å². The molecule has 0 bridgehead atoms. The van der Waals surface area contributed by atoms with Crippen molar-refractivity contribution in [1.29, 1.82) is 0 Å². The first-order chi connectivity index (χ1) is 10.4. The predicted molar refractivity (Wildman–Crippen MR) is 82.5 cm³/mol. The minimum Gasteiger partial charge on any atom is -0.465 e. The first-order valence-corrected chi connectivity index (χ1v) is 8.78. The topological polar surface area (TPSA) is 70.0 Å². The number of amides is 1. The molecule has 3 atom stereocenters. The lowest BCUT2D eigenvalue weighted by atomic mass is 9.82. The Morgan fingerprint density at radius 1 is 1.23 bits per heavy atom. The van der Waals surface area contributed by atoms with Gasteiger partial charge in [-0.3, -0.25) is 4.90 Å². The largest absolute Gasteiger partial charge is 0.465 e. The zero-order chi connectivity index (χ0) is 15.9. The van der Waals surface area contributed by atoms with Crippen molar-refractivity contribution in [2.45, 2.75) is 89.2 Å². The molecule has 3 aliphatic rings. The molecule has 0 aromatic rings. The van der Waals surface area contributed by atoms with Gasteiger partial charge < -0.3 is 14.9 Å². The zero-order valence-electron chi connectivity index (χ0n) is 13.7. The Morgan fingerprint density at radius 3 is 2.41 bits per heavy atom. The maximum atomic E-state index is 11.8. The minimum absolute atomic E-state index is 0.216. The summed E-state index contributed by atoms with van der Waals surface area (Å²) in [6.07, 6.45) is 7.18. The number of hydrogen-bond acceptors (Lipinski definition) is 3. The molecule has 1 heterocycles. The van der Waals surface area contributed by atoms with Gasteiger partial charge in [0, 0.05) is 0 Å². The van der Waals surface area contributed by atoms with Crippen molar-refractivity contribution in [2.75, 3.05) is 0 Å². The third-order valence-electron chi connectivity index (χ3n) is 5.66. The highest BCUT2D eigenvalue weighted by Gasteiger charge is 2.54. The highest BCUT2D eigenvalue weighted by atomic mass is 16.6. The van der Waals surface area contributed by atoms with Crippen molar-refractivity contribution in [2.24, 2.45) is 11.8 Å². The van der Waals surface area contributed by atoms with Gasteiger partial charge in [-0.25, -0.2) is 4.79 Å². The molecule has 0 aromatic heterocycles. The van der Waals surface area contributed by atoms with Crippen LogP contribution < -0.4 is 0 Å². The van der Waals surface area contributed by atoms with Crippen LogP contribution in [-0.2, 0) is 4.74 Å². The summed E-state index contributed by atoms with van der Waals surface area (Å²) in [6, 6.07) is -0.216. The van der Waals surface area contributed by atoms with Crippen LogP contribution in [0.1, 0.15) is 65.2 Å². The van der Waals surface area contributed by atoms with E-state index in [0.29, 0.717) is 11.8 Å². The summed E-state index contributed by atoms with van der Waals surface area (Å²) < 4.78 is 6.04. The molecule has 5 heteroatoms. The molecule has 1 amide bonds. The van der Waals surface area contributed by atoms with Gasteiger partial charge in [0.1, 0.15) is 11.8 Å². The molecule has 22 heavy (non-hydrogen) atoms. The minimum atomic E-state index is -0.934. The normalized spacial score (nSPS) is 33.9. The summed E-state index contributed by atoms with van der Waals surface area (Å²) in [5, 5.41) is 20.2. The maximum absolute atomic E-state index is 11.8. The van der Waals surface area contributed by atoms with Crippen molar-refractivity contribution in [3.63, 3.8) is 0 Å². The van der Waals surface area contributed by atoms with Crippen molar-refractivity contribution in [1.82, 2.24) is 4.90 Å². The van der Waals surface area contributed by atoms with Crippen molar-refractivity contribution < 1.29 is 19.7 Å². The molecule has 1 aliphatic heterocycles. The van der Waals surface area contributed by atoms with Crippen molar-refractivity contribution in [3.8, 4) is 0 Å². The monoisotopic (exact) mass is 311 g/mol. The second-order valence-electron chi connectivity index (χ2n) is 7.82. The van der Waals surface area contributed by atoms with E-state index in [1.54, 1.807) is 13.8 Å². The summed E-state index contributed by atoms with van der Waals surface area (Å²) in [4.78, 5) is 13.2. The summed E-state index contributed by atoms with van der Waals surface area (Å²) >= 11 is 0. The first-order valence-electron chi connectivity index (χ1n) is 8.78. The van der Waals surface area contributed by atoms with Gasteiger partial charge in [0.05, 0.1) is 12.1 Å². The Morgan fingerprint density at radius 2 is 1.86 bits per heavy atom. The van der Waals surface area contributed by atoms with Gasteiger partial charge in [-0.1, -0.05) is 32.1 Å². The average Bonchev–Trinajstić information content (AvgIpc) is 3.25. The zero-order valence-corrected chi connectivity index (χ0v) is 13.7. The number of aliphatic hydroxyl groups is 1.